The van der Waals surface area contributed by atoms with Crippen LogP contribution in [0.5, 0.6) is 5.75 Å². The lowest BCUT2D eigenvalue weighted by Gasteiger charge is -2.26. The summed E-state index contributed by atoms with van der Waals surface area (Å²) >= 11 is 1.61. The standard InChI is InChI=1S/C21H22N4O3S/c1-11(2)16-9-15-17(10-28-16)29-20-18(15)19(26)25(21-23-22-12(3)24(20)21)13-5-7-14(27-4)8-6-13/h5-8,11,16H,9-10H2,1-4H3/t16-/m0/s1. The van der Waals surface area contributed by atoms with E-state index >= 15 is 0 Å². The van der Waals surface area contributed by atoms with Crippen LogP contribution in [0.4, 0.5) is 0 Å². The minimum atomic E-state index is -0.0630. The lowest BCUT2D eigenvalue weighted by Crippen LogP contribution is -2.28. The van der Waals surface area contributed by atoms with Crippen LogP contribution in [-0.2, 0) is 17.8 Å². The lowest BCUT2D eigenvalue weighted by atomic mass is 9.96. The number of benzene rings is 1. The van der Waals surface area contributed by atoms with Gasteiger partial charge in [0.05, 0.1) is 30.9 Å². The Balaban J connectivity index is 1.84. The van der Waals surface area contributed by atoms with Gasteiger partial charge >= 0.3 is 0 Å². The summed E-state index contributed by atoms with van der Waals surface area (Å²) in [5.41, 5.74) is 1.78. The average Bonchev–Trinajstić information content (AvgIpc) is 3.28. The number of ether oxygens (including phenoxy) is 2. The van der Waals surface area contributed by atoms with Gasteiger partial charge in [-0.05, 0) is 42.7 Å². The molecule has 29 heavy (non-hydrogen) atoms. The molecule has 0 saturated carbocycles. The third-order valence-electron chi connectivity index (χ3n) is 5.61. The molecule has 0 spiro atoms. The minimum absolute atomic E-state index is 0.0630. The summed E-state index contributed by atoms with van der Waals surface area (Å²) in [5, 5.41) is 9.33. The summed E-state index contributed by atoms with van der Waals surface area (Å²) in [6.07, 6.45) is 0.865. The van der Waals surface area contributed by atoms with E-state index in [2.05, 4.69) is 24.0 Å². The van der Waals surface area contributed by atoms with E-state index in [1.54, 1.807) is 23.0 Å². The fourth-order valence-corrected chi connectivity index (χ4v) is 5.27. The molecule has 1 aromatic carbocycles. The molecule has 8 heteroatoms. The summed E-state index contributed by atoms with van der Waals surface area (Å²) in [7, 11) is 1.62. The van der Waals surface area contributed by atoms with Crippen molar-refractivity contribution in [1.82, 2.24) is 19.2 Å². The molecular formula is C21H22N4O3S. The van der Waals surface area contributed by atoms with Crippen molar-refractivity contribution in [3.8, 4) is 11.4 Å². The Morgan fingerprint density at radius 1 is 1.24 bits per heavy atom. The number of fused-ring (bicyclic) bond motifs is 5. The van der Waals surface area contributed by atoms with Crippen LogP contribution in [0.1, 0.15) is 30.1 Å². The van der Waals surface area contributed by atoms with Gasteiger partial charge in [0.2, 0.25) is 5.78 Å². The number of aryl methyl sites for hydroxylation is 1. The van der Waals surface area contributed by atoms with Crippen LogP contribution in [0.2, 0.25) is 0 Å². The highest BCUT2D eigenvalue weighted by Crippen LogP contribution is 2.36. The first-order valence-electron chi connectivity index (χ1n) is 9.66. The van der Waals surface area contributed by atoms with E-state index in [0.29, 0.717) is 18.3 Å². The van der Waals surface area contributed by atoms with Crippen LogP contribution in [0.15, 0.2) is 29.1 Å². The number of methoxy groups -OCH3 is 1. The second-order valence-corrected chi connectivity index (χ2v) is 8.79. The predicted octanol–water partition coefficient (Wildman–Crippen LogP) is 3.51. The molecule has 4 heterocycles. The van der Waals surface area contributed by atoms with E-state index in [-0.39, 0.29) is 11.7 Å². The van der Waals surface area contributed by atoms with Gasteiger partial charge < -0.3 is 9.47 Å². The van der Waals surface area contributed by atoms with Crippen LogP contribution in [-0.4, -0.2) is 32.4 Å². The number of nitrogens with zero attached hydrogens (tertiary/aromatic N) is 4. The molecule has 0 radical (unpaired) electrons. The molecule has 0 amide bonds. The van der Waals surface area contributed by atoms with E-state index in [4.69, 9.17) is 9.47 Å². The van der Waals surface area contributed by atoms with Crippen molar-refractivity contribution in [2.24, 2.45) is 5.92 Å². The van der Waals surface area contributed by atoms with Gasteiger partial charge in [-0.1, -0.05) is 13.8 Å². The maximum Gasteiger partial charge on any atom is 0.268 e. The summed E-state index contributed by atoms with van der Waals surface area (Å²) < 4.78 is 14.9. The number of thiophene rings is 1. The molecule has 150 valence electrons. The number of rotatable bonds is 3. The second kappa shape index (κ2) is 6.67. The fraction of sp³-hybridized carbons (Fsp3) is 0.381. The lowest BCUT2D eigenvalue weighted by molar-refractivity contribution is 0.00200. The average molecular weight is 410 g/mol. The summed E-state index contributed by atoms with van der Waals surface area (Å²) in [6, 6.07) is 7.43. The van der Waals surface area contributed by atoms with E-state index in [1.165, 1.54) is 0 Å². The third-order valence-corrected chi connectivity index (χ3v) is 6.80. The van der Waals surface area contributed by atoms with Crippen LogP contribution in [0.3, 0.4) is 0 Å². The maximum absolute atomic E-state index is 13.7. The first-order chi connectivity index (χ1) is 14.0. The quantitative estimate of drug-likeness (QED) is 0.517. The normalized spacial score (nSPS) is 16.7. The van der Waals surface area contributed by atoms with E-state index < -0.39 is 0 Å². The first-order valence-corrected chi connectivity index (χ1v) is 10.5. The molecule has 1 aliphatic heterocycles. The van der Waals surface area contributed by atoms with Gasteiger partial charge in [-0.2, -0.15) is 0 Å². The van der Waals surface area contributed by atoms with Gasteiger partial charge in [-0.25, -0.2) is 4.57 Å². The molecule has 4 aromatic rings. The van der Waals surface area contributed by atoms with Crippen molar-refractivity contribution < 1.29 is 9.47 Å². The highest BCUT2D eigenvalue weighted by Gasteiger charge is 2.29. The Morgan fingerprint density at radius 2 is 2.00 bits per heavy atom. The molecule has 3 aromatic heterocycles. The Bertz CT molecular complexity index is 1280. The minimum Gasteiger partial charge on any atom is -0.497 e. The van der Waals surface area contributed by atoms with Crippen molar-refractivity contribution in [2.75, 3.05) is 7.11 Å². The van der Waals surface area contributed by atoms with Crippen LogP contribution in [0, 0.1) is 12.8 Å². The monoisotopic (exact) mass is 410 g/mol. The summed E-state index contributed by atoms with van der Waals surface area (Å²) in [5.74, 6) is 2.40. The smallest absolute Gasteiger partial charge is 0.268 e. The van der Waals surface area contributed by atoms with Gasteiger partial charge in [0, 0.05) is 11.3 Å². The zero-order valence-electron chi connectivity index (χ0n) is 16.8. The molecular weight excluding hydrogens is 388 g/mol. The van der Waals surface area contributed by atoms with Gasteiger partial charge in [0.25, 0.3) is 5.56 Å². The number of hydrogen-bond acceptors (Lipinski definition) is 6. The van der Waals surface area contributed by atoms with Crippen LogP contribution < -0.4 is 10.3 Å². The molecule has 7 nitrogen and oxygen atoms in total. The Hall–Kier alpha value is -2.71. The summed E-state index contributed by atoms with van der Waals surface area (Å²) in [6.45, 7) is 6.76. The SMILES string of the molecule is COc1ccc(-n2c(=O)c3c4c(sc3n3c(C)nnc23)CO[C@H](C(C)C)C4)cc1. The number of aromatic nitrogens is 4. The Morgan fingerprint density at radius 3 is 2.69 bits per heavy atom. The highest BCUT2D eigenvalue weighted by molar-refractivity contribution is 7.18. The van der Waals surface area contributed by atoms with E-state index in [9.17, 15) is 4.79 Å². The highest BCUT2D eigenvalue weighted by atomic mass is 32.1. The molecule has 0 aliphatic carbocycles. The van der Waals surface area contributed by atoms with E-state index in [1.807, 2.05) is 35.6 Å². The molecule has 0 saturated heterocycles. The molecule has 0 unspecified atom stereocenters. The van der Waals surface area contributed by atoms with Gasteiger partial charge in [0.15, 0.2) is 0 Å². The number of hydrogen-bond donors (Lipinski definition) is 0. The zero-order chi connectivity index (χ0) is 20.3. The van der Waals surface area contributed by atoms with Crippen molar-refractivity contribution in [2.45, 2.75) is 39.9 Å². The topological polar surface area (TPSA) is 70.7 Å². The molecule has 0 bridgehead atoms. The van der Waals surface area contributed by atoms with Crippen molar-refractivity contribution >= 4 is 27.3 Å². The second-order valence-electron chi connectivity index (χ2n) is 7.70. The maximum atomic E-state index is 13.7. The Labute approximate surface area is 171 Å². The van der Waals surface area contributed by atoms with Crippen molar-refractivity contribution in [1.29, 1.82) is 0 Å². The summed E-state index contributed by atoms with van der Waals surface area (Å²) in [4.78, 5) is 15.8. The van der Waals surface area contributed by atoms with Crippen LogP contribution in [0.25, 0.3) is 21.7 Å². The van der Waals surface area contributed by atoms with Crippen LogP contribution >= 0.6 is 11.3 Å². The first kappa shape index (κ1) is 18.3. The third kappa shape index (κ3) is 2.70. The van der Waals surface area contributed by atoms with Crippen molar-refractivity contribution in [3.05, 3.63) is 50.9 Å². The van der Waals surface area contributed by atoms with Gasteiger partial charge in [0.1, 0.15) is 16.4 Å². The van der Waals surface area contributed by atoms with Crippen molar-refractivity contribution in [3.63, 3.8) is 0 Å². The molecule has 0 fully saturated rings. The fourth-order valence-electron chi connectivity index (χ4n) is 3.98. The van der Waals surface area contributed by atoms with E-state index in [0.717, 1.165) is 44.3 Å². The molecule has 0 N–H and O–H groups in total. The largest absolute Gasteiger partial charge is 0.497 e. The Kier molecular flexibility index (Phi) is 4.22. The predicted molar refractivity (Wildman–Crippen MR) is 112 cm³/mol. The zero-order valence-corrected chi connectivity index (χ0v) is 17.6. The molecule has 1 atom stereocenters. The van der Waals surface area contributed by atoms with Gasteiger partial charge in [-0.3, -0.25) is 9.20 Å². The van der Waals surface area contributed by atoms with Gasteiger partial charge in [-0.15, -0.1) is 21.5 Å². The molecule has 1 aliphatic rings. The molecule has 5 rings (SSSR count).